The summed E-state index contributed by atoms with van der Waals surface area (Å²) in [4.78, 5) is 35.9. The minimum Gasteiger partial charge on any atom is -0.493 e. The van der Waals surface area contributed by atoms with E-state index >= 15 is 0 Å². The van der Waals surface area contributed by atoms with Gasteiger partial charge in [-0.15, -0.1) is 0 Å². The molecule has 0 unspecified atom stereocenters. The standard InChI is InChI=1S/C20H28N2O6/c1-13(19(24)22-20(25)21-15-8-4-5-9-15)28-17(23)12-11-14-7-6-10-16(26-2)18(14)27-3/h6-7,10,13,15H,4-5,8-9,11-12H2,1-3H3,(H2,21,22,24,25)/t13-/m1/s1. The van der Waals surface area contributed by atoms with Gasteiger partial charge in [-0.25, -0.2) is 4.79 Å². The van der Waals surface area contributed by atoms with Crippen LogP contribution in [-0.2, 0) is 20.7 Å². The number of hydrogen-bond donors (Lipinski definition) is 2. The first-order valence-electron chi connectivity index (χ1n) is 9.45. The van der Waals surface area contributed by atoms with Gasteiger partial charge in [-0.1, -0.05) is 25.0 Å². The Morgan fingerprint density at radius 2 is 1.86 bits per heavy atom. The topological polar surface area (TPSA) is 103 Å². The van der Waals surface area contributed by atoms with Gasteiger partial charge < -0.3 is 19.5 Å². The maximum atomic E-state index is 12.1. The predicted molar refractivity (Wildman–Crippen MR) is 102 cm³/mol. The lowest BCUT2D eigenvalue weighted by molar-refractivity contribution is -0.154. The summed E-state index contributed by atoms with van der Waals surface area (Å²) in [6, 6.07) is 4.95. The molecular formula is C20H28N2O6. The number of carbonyl (C=O) groups is 3. The third-order valence-corrected chi connectivity index (χ3v) is 4.69. The Bertz CT molecular complexity index is 700. The summed E-state index contributed by atoms with van der Waals surface area (Å²) in [5.41, 5.74) is 0.798. The number of methoxy groups -OCH3 is 2. The van der Waals surface area contributed by atoms with Crippen LogP contribution in [-0.4, -0.2) is 44.3 Å². The van der Waals surface area contributed by atoms with Crippen molar-refractivity contribution in [1.29, 1.82) is 0 Å². The van der Waals surface area contributed by atoms with E-state index in [9.17, 15) is 14.4 Å². The Balaban J connectivity index is 1.78. The maximum absolute atomic E-state index is 12.1. The lowest BCUT2D eigenvalue weighted by atomic mass is 10.1. The molecule has 0 heterocycles. The Morgan fingerprint density at radius 3 is 2.50 bits per heavy atom. The fraction of sp³-hybridized carbons (Fsp3) is 0.550. The molecule has 1 saturated carbocycles. The molecule has 28 heavy (non-hydrogen) atoms. The molecule has 154 valence electrons. The number of ether oxygens (including phenoxy) is 3. The van der Waals surface area contributed by atoms with Crippen LogP contribution in [0.3, 0.4) is 0 Å². The van der Waals surface area contributed by atoms with Crippen molar-refractivity contribution in [1.82, 2.24) is 10.6 Å². The second-order valence-corrected chi connectivity index (χ2v) is 6.73. The maximum Gasteiger partial charge on any atom is 0.321 e. The van der Waals surface area contributed by atoms with Gasteiger partial charge in [0.15, 0.2) is 17.6 Å². The minimum absolute atomic E-state index is 0.0649. The zero-order valence-corrected chi connectivity index (χ0v) is 16.6. The summed E-state index contributed by atoms with van der Waals surface area (Å²) in [6.45, 7) is 1.43. The third-order valence-electron chi connectivity index (χ3n) is 4.69. The largest absolute Gasteiger partial charge is 0.493 e. The molecule has 8 heteroatoms. The van der Waals surface area contributed by atoms with Crippen LogP contribution in [0.15, 0.2) is 18.2 Å². The van der Waals surface area contributed by atoms with E-state index in [1.807, 2.05) is 6.07 Å². The van der Waals surface area contributed by atoms with Crippen LogP contribution < -0.4 is 20.1 Å². The highest BCUT2D eigenvalue weighted by molar-refractivity contribution is 5.97. The molecule has 0 saturated heterocycles. The second kappa shape index (κ2) is 10.5. The number of carbonyl (C=O) groups excluding carboxylic acids is 3. The van der Waals surface area contributed by atoms with E-state index in [-0.39, 0.29) is 12.5 Å². The molecule has 0 aliphatic heterocycles. The lowest BCUT2D eigenvalue weighted by Crippen LogP contribution is -2.47. The van der Waals surface area contributed by atoms with Crippen LogP contribution in [0.25, 0.3) is 0 Å². The first kappa shape index (κ1) is 21.5. The van der Waals surface area contributed by atoms with E-state index in [1.165, 1.54) is 14.0 Å². The summed E-state index contributed by atoms with van der Waals surface area (Å²) in [7, 11) is 3.07. The molecule has 1 atom stereocenters. The number of imide groups is 1. The molecule has 2 N–H and O–H groups in total. The average Bonchev–Trinajstić information content (AvgIpc) is 3.18. The number of nitrogens with one attached hydrogen (secondary N) is 2. The number of benzene rings is 1. The van der Waals surface area contributed by atoms with Crippen molar-refractivity contribution in [2.24, 2.45) is 0 Å². The molecule has 1 aromatic carbocycles. The van der Waals surface area contributed by atoms with Crippen molar-refractivity contribution in [3.63, 3.8) is 0 Å². The number of rotatable bonds is 8. The van der Waals surface area contributed by atoms with E-state index in [2.05, 4.69) is 10.6 Å². The predicted octanol–water partition coefficient (Wildman–Crippen LogP) is 2.34. The molecule has 0 radical (unpaired) electrons. The molecule has 8 nitrogen and oxygen atoms in total. The Morgan fingerprint density at radius 1 is 1.14 bits per heavy atom. The lowest BCUT2D eigenvalue weighted by Gasteiger charge is -2.16. The fourth-order valence-electron chi connectivity index (χ4n) is 3.20. The number of urea groups is 1. The zero-order valence-electron chi connectivity index (χ0n) is 16.6. The monoisotopic (exact) mass is 392 g/mol. The number of aryl methyl sites for hydroxylation is 1. The van der Waals surface area contributed by atoms with Gasteiger partial charge in [0, 0.05) is 12.5 Å². The van der Waals surface area contributed by atoms with Gasteiger partial charge in [-0.2, -0.15) is 0 Å². The number of hydrogen-bond acceptors (Lipinski definition) is 6. The second-order valence-electron chi connectivity index (χ2n) is 6.73. The zero-order chi connectivity index (χ0) is 20.5. The number of esters is 1. The minimum atomic E-state index is -1.06. The molecule has 0 spiro atoms. The normalized spacial score (nSPS) is 14.8. The molecule has 2 rings (SSSR count). The first-order chi connectivity index (χ1) is 13.4. The Hall–Kier alpha value is -2.77. The molecule has 1 aromatic rings. The first-order valence-corrected chi connectivity index (χ1v) is 9.45. The summed E-state index contributed by atoms with van der Waals surface area (Å²) >= 11 is 0. The van der Waals surface area contributed by atoms with Gasteiger partial charge in [0.2, 0.25) is 0 Å². The van der Waals surface area contributed by atoms with Crippen molar-refractivity contribution < 1.29 is 28.6 Å². The molecule has 1 fully saturated rings. The van der Waals surface area contributed by atoms with Crippen LogP contribution >= 0.6 is 0 Å². The highest BCUT2D eigenvalue weighted by Crippen LogP contribution is 2.31. The SMILES string of the molecule is COc1cccc(CCC(=O)O[C@H](C)C(=O)NC(=O)NC2CCCC2)c1OC. The third kappa shape index (κ3) is 6.14. The van der Waals surface area contributed by atoms with Gasteiger partial charge in [-0.05, 0) is 37.8 Å². The highest BCUT2D eigenvalue weighted by Gasteiger charge is 2.23. The van der Waals surface area contributed by atoms with Crippen LogP contribution in [0, 0.1) is 0 Å². The fourth-order valence-corrected chi connectivity index (χ4v) is 3.20. The number of para-hydroxylation sites is 1. The van der Waals surface area contributed by atoms with Gasteiger partial charge >= 0.3 is 12.0 Å². The Kier molecular flexibility index (Phi) is 8.10. The van der Waals surface area contributed by atoms with Crippen LogP contribution in [0.1, 0.15) is 44.6 Å². The van der Waals surface area contributed by atoms with E-state index < -0.39 is 24.0 Å². The highest BCUT2D eigenvalue weighted by atomic mass is 16.5. The van der Waals surface area contributed by atoms with Gasteiger partial charge in [-0.3, -0.25) is 14.9 Å². The quantitative estimate of drug-likeness (QED) is 0.658. The molecular weight excluding hydrogens is 364 g/mol. The van der Waals surface area contributed by atoms with Crippen LogP contribution in [0.4, 0.5) is 4.79 Å². The van der Waals surface area contributed by atoms with Crippen LogP contribution in [0.5, 0.6) is 11.5 Å². The molecule has 1 aliphatic carbocycles. The van der Waals surface area contributed by atoms with Crippen LogP contribution in [0.2, 0.25) is 0 Å². The molecule has 0 bridgehead atoms. The van der Waals surface area contributed by atoms with Gasteiger partial charge in [0.25, 0.3) is 5.91 Å². The smallest absolute Gasteiger partial charge is 0.321 e. The summed E-state index contributed by atoms with van der Waals surface area (Å²) < 4.78 is 15.7. The van der Waals surface area contributed by atoms with Gasteiger partial charge in [0.1, 0.15) is 0 Å². The summed E-state index contributed by atoms with van der Waals surface area (Å²) in [6.07, 6.45) is 3.36. The van der Waals surface area contributed by atoms with Crippen molar-refractivity contribution in [2.75, 3.05) is 14.2 Å². The average molecular weight is 392 g/mol. The molecule has 0 aromatic heterocycles. The van der Waals surface area contributed by atoms with E-state index in [4.69, 9.17) is 14.2 Å². The van der Waals surface area contributed by atoms with E-state index in [0.717, 1.165) is 31.2 Å². The van der Waals surface area contributed by atoms with E-state index in [1.54, 1.807) is 19.2 Å². The summed E-state index contributed by atoms with van der Waals surface area (Å²) in [5, 5.41) is 4.97. The molecule has 1 aliphatic rings. The molecule has 3 amide bonds. The Labute approximate surface area is 164 Å². The number of amides is 3. The van der Waals surface area contributed by atoms with Crippen molar-refractivity contribution in [3.8, 4) is 11.5 Å². The summed E-state index contributed by atoms with van der Waals surface area (Å²) in [5.74, 6) is -0.0481. The van der Waals surface area contributed by atoms with Crippen molar-refractivity contribution >= 4 is 17.9 Å². The van der Waals surface area contributed by atoms with Crippen molar-refractivity contribution in [2.45, 2.75) is 57.6 Å². The van der Waals surface area contributed by atoms with E-state index in [0.29, 0.717) is 17.9 Å². The van der Waals surface area contributed by atoms with Crippen molar-refractivity contribution in [3.05, 3.63) is 23.8 Å². The van der Waals surface area contributed by atoms with Gasteiger partial charge in [0.05, 0.1) is 14.2 Å².